The first-order valence-corrected chi connectivity index (χ1v) is 7.70. The Balaban J connectivity index is 1.79. The van der Waals surface area contributed by atoms with Crippen molar-refractivity contribution in [3.8, 4) is 0 Å². The molecule has 0 spiro atoms. The van der Waals surface area contributed by atoms with Gasteiger partial charge in [0.05, 0.1) is 4.88 Å². The summed E-state index contributed by atoms with van der Waals surface area (Å²) in [6.45, 7) is 0. The third-order valence-corrected chi connectivity index (χ3v) is 5.34. The summed E-state index contributed by atoms with van der Waals surface area (Å²) >= 11 is 3.38. The Morgan fingerprint density at radius 2 is 2.18 bits per heavy atom. The first kappa shape index (κ1) is 11.2. The van der Waals surface area contributed by atoms with Gasteiger partial charge in [-0.15, -0.1) is 22.7 Å². The van der Waals surface area contributed by atoms with Gasteiger partial charge in [-0.3, -0.25) is 4.79 Å². The van der Waals surface area contributed by atoms with Gasteiger partial charge in [0.15, 0.2) is 5.78 Å². The lowest BCUT2D eigenvalue weighted by Crippen LogP contribution is -1.99. The van der Waals surface area contributed by atoms with Gasteiger partial charge in [0.2, 0.25) is 0 Å². The molecule has 0 N–H and O–H groups in total. The minimum absolute atomic E-state index is 0.284. The van der Waals surface area contributed by atoms with Crippen LogP contribution in [-0.2, 0) is 19.3 Å². The Morgan fingerprint density at radius 1 is 1.29 bits per heavy atom. The van der Waals surface area contributed by atoms with E-state index >= 15 is 0 Å². The Hall–Kier alpha value is -0.930. The summed E-state index contributed by atoms with van der Waals surface area (Å²) in [6, 6.07) is 6.18. The van der Waals surface area contributed by atoms with E-state index in [4.69, 9.17) is 0 Å². The molecule has 0 unspecified atom stereocenters. The maximum Gasteiger partial charge on any atom is 0.177 e. The molecular weight excluding hydrogens is 248 g/mol. The number of aryl methyl sites for hydroxylation is 2. The number of rotatable bonds is 3. The highest BCUT2D eigenvalue weighted by Gasteiger charge is 2.17. The highest BCUT2D eigenvalue weighted by molar-refractivity contribution is 7.14. The van der Waals surface area contributed by atoms with Crippen molar-refractivity contribution in [1.82, 2.24) is 0 Å². The molecule has 0 atom stereocenters. The maximum absolute atomic E-state index is 12.1. The standard InChI is InChI=1S/C14H14OS2/c15-12(9-11-5-3-7-16-11)14-8-10-4-1-2-6-13(10)17-14/h3,5,7-8H,1-2,4,6,9H2. The smallest absolute Gasteiger partial charge is 0.177 e. The number of Topliss-reactive ketones (excluding diaryl/α,β-unsaturated/α-hetero) is 1. The minimum Gasteiger partial charge on any atom is -0.293 e. The summed E-state index contributed by atoms with van der Waals surface area (Å²) in [5.74, 6) is 0.284. The molecule has 0 saturated heterocycles. The van der Waals surface area contributed by atoms with E-state index in [1.54, 1.807) is 22.7 Å². The van der Waals surface area contributed by atoms with E-state index in [1.807, 2.05) is 17.5 Å². The summed E-state index contributed by atoms with van der Waals surface area (Å²) in [7, 11) is 0. The second-order valence-corrected chi connectivity index (χ2v) is 6.61. The summed E-state index contributed by atoms with van der Waals surface area (Å²) < 4.78 is 0. The van der Waals surface area contributed by atoms with Crippen LogP contribution in [-0.4, -0.2) is 5.78 Å². The summed E-state index contributed by atoms with van der Waals surface area (Å²) in [6.07, 6.45) is 5.47. The van der Waals surface area contributed by atoms with Gasteiger partial charge in [-0.25, -0.2) is 0 Å². The van der Waals surface area contributed by atoms with Crippen molar-refractivity contribution in [2.75, 3.05) is 0 Å². The Morgan fingerprint density at radius 3 is 2.94 bits per heavy atom. The zero-order chi connectivity index (χ0) is 11.7. The van der Waals surface area contributed by atoms with Crippen molar-refractivity contribution >= 4 is 28.5 Å². The molecule has 17 heavy (non-hydrogen) atoms. The molecule has 2 aromatic rings. The van der Waals surface area contributed by atoms with Crippen molar-refractivity contribution in [1.29, 1.82) is 0 Å². The minimum atomic E-state index is 0.284. The van der Waals surface area contributed by atoms with Crippen LogP contribution in [0.25, 0.3) is 0 Å². The largest absolute Gasteiger partial charge is 0.293 e. The highest BCUT2D eigenvalue weighted by atomic mass is 32.1. The SMILES string of the molecule is O=C(Cc1cccs1)c1cc2c(s1)CCCC2. The Labute approximate surface area is 109 Å². The molecule has 1 nitrogen and oxygen atoms in total. The number of thiophene rings is 2. The molecular formula is C14H14OS2. The molecule has 2 heterocycles. The monoisotopic (exact) mass is 262 g/mol. The third kappa shape index (κ3) is 2.35. The molecule has 0 aliphatic heterocycles. The number of carbonyl (C=O) groups is 1. The van der Waals surface area contributed by atoms with Crippen molar-refractivity contribution in [3.05, 3.63) is 43.8 Å². The summed E-state index contributed by atoms with van der Waals surface area (Å²) in [5.41, 5.74) is 1.43. The first-order valence-electron chi connectivity index (χ1n) is 6.00. The van der Waals surface area contributed by atoms with Gasteiger partial charge in [-0.2, -0.15) is 0 Å². The fraction of sp³-hybridized carbons (Fsp3) is 0.357. The molecule has 0 aromatic carbocycles. The molecule has 2 aromatic heterocycles. The summed E-state index contributed by atoms with van der Waals surface area (Å²) in [4.78, 5) is 15.7. The molecule has 88 valence electrons. The lowest BCUT2D eigenvalue weighted by molar-refractivity contribution is 0.0997. The zero-order valence-corrected chi connectivity index (χ0v) is 11.2. The van der Waals surface area contributed by atoms with E-state index < -0.39 is 0 Å². The second-order valence-electron chi connectivity index (χ2n) is 4.45. The quantitative estimate of drug-likeness (QED) is 0.761. The lowest BCUT2D eigenvalue weighted by Gasteiger charge is -2.08. The van der Waals surface area contributed by atoms with Gasteiger partial charge in [-0.1, -0.05) is 6.07 Å². The van der Waals surface area contributed by atoms with E-state index in [0.717, 1.165) is 11.3 Å². The second kappa shape index (κ2) is 4.75. The number of ketones is 1. The molecule has 3 rings (SSSR count). The van der Waals surface area contributed by atoms with Crippen LogP contribution < -0.4 is 0 Å². The lowest BCUT2D eigenvalue weighted by atomic mass is 9.99. The Kier molecular flexibility index (Phi) is 3.12. The van der Waals surface area contributed by atoms with E-state index in [0.29, 0.717) is 6.42 Å². The van der Waals surface area contributed by atoms with Gasteiger partial charge in [0, 0.05) is 16.2 Å². The third-order valence-electron chi connectivity index (χ3n) is 3.19. The predicted molar refractivity (Wildman–Crippen MR) is 73.3 cm³/mol. The average molecular weight is 262 g/mol. The van der Waals surface area contributed by atoms with Gasteiger partial charge in [0.1, 0.15) is 0 Å². The molecule has 0 amide bonds. The van der Waals surface area contributed by atoms with Gasteiger partial charge >= 0.3 is 0 Å². The molecule has 1 aliphatic carbocycles. The maximum atomic E-state index is 12.1. The van der Waals surface area contributed by atoms with E-state index in [9.17, 15) is 4.79 Å². The highest BCUT2D eigenvalue weighted by Crippen LogP contribution is 2.30. The first-order chi connectivity index (χ1) is 8.33. The number of fused-ring (bicyclic) bond motifs is 1. The van der Waals surface area contributed by atoms with Gasteiger partial charge in [0.25, 0.3) is 0 Å². The van der Waals surface area contributed by atoms with Gasteiger partial charge in [-0.05, 0) is 48.8 Å². The number of hydrogen-bond donors (Lipinski definition) is 0. The van der Waals surface area contributed by atoms with Gasteiger partial charge < -0.3 is 0 Å². The molecule has 0 saturated carbocycles. The van der Waals surface area contributed by atoms with Crippen LogP contribution in [0.3, 0.4) is 0 Å². The van der Waals surface area contributed by atoms with Crippen molar-refractivity contribution in [2.24, 2.45) is 0 Å². The summed E-state index contributed by atoms with van der Waals surface area (Å²) in [5, 5.41) is 2.03. The van der Waals surface area contributed by atoms with Crippen LogP contribution in [0, 0.1) is 0 Å². The zero-order valence-electron chi connectivity index (χ0n) is 9.57. The normalized spacial score (nSPS) is 14.6. The van der Waals surface area contributed by atoms with Crippen molar-refractivity contribution < 1.29 is 4.79 Å². The topological polar surface area (TPSA) is 17.1 Å². The van der Waals surface area contributed by atoms with E-state index in [1.165, 1.54) is 34.6 Å². The van der Waals surface area contributed by atoms with E-state index in [-0.39, 0.29) is 5.78 Å². The molecule has 0 radical (unpaired) electrons. The molecule has 0 fully saturated rings. The fourth-order valence-corrected chi connectivity index (χ4v) is 4.18. The van der Waals surface area contributed by atoms with Crippen LogP contribution in [0.15, 0.2) is 23.6 Å². The van der Waals surface area contributed by atoms with E-state index in [2.05, 4.69) is 6.07 Å². The van der Waals surface area contributed by atoms with Crippen LogP contribution in [0.4, 0.5) is 0 Å². The molecule has 3 heteroatoms. The van der Waals surface area contributed by atoms with Crippen LogP contribution in [0.2, 0.25) is 0 Å². The van der Waals surface area contributed by atoms with Crippen LogP contribution >= 0.6 is 22.7 Å². The molecule has 0 bridgehead atoms. The van der Waals surface area contributed by atoms with Crippen molar-refractivity contribution in [3.63, 3.8) is 0 Å². The predicted octanol–water partition coefficient (Wildman–Crippen LogP) is 4.11. The average Bonchev–Trinajstić information content (AvgIpc) is 2.96. The van der Waals surface area contributed by atoms with Crippen molar-refractivity contribution in [2.45, 2.75) is 32.1 Å². The molecule has 1 aliphatic rings. The van der Waals surface area contributed by atoms with Crippen LogP contribution in [0.5, 0.6) is 0 Å². The number of hydrogen-bond acceptors (Lipinski definition) is 3. The fourth-order valence-electron chi connectivity index (χ4n) is 2.29. The number of carbonyl (C=O) groups excluding carboxylic acids is 1. The van der Waals surface area contributed by atoms with Crippen LogP contribution in [0.1, 0.15) is 37.8 Å². The Bertz CT molecular complexity index is 499.